The van der Waals surface area contributed by atoms with Crippen LogP contribution in [0.5, 0.6) is 11.5 Å². The van der Waals surface area contributed by atoms with Crippen LogP contribution < -0.4 is 9.47 Å². The number of methoxy groups -OCH3 is 1. The lowest BCUT2D eigenvalue weighted by molar-refractivity contribution is -0.147. The lowest BCUT2D eigenvalue weighted by atomic mass is 9.83. The van der Waals surface area contributed by atoms with Gasteiger partial charge in [-0.1, -0.05) is 24.3 Å². The fourth-order valence-corrected chi connectivity index (χ4v) is 3.02. The van der Waals surface area contributed by atoms with Crippen LogP contribution in [0.2, 0.25) is 0 Å². The molecule has 120 valence electrons. The predicted octanol–water partition coefficient (Wildman–Crippen LogP) is 3.92. The molecule has 0 saturated carbocycles. The number of hydrogen-bond donors (Lipinski definition) is 0. The van der Waals surface area contributed by atoms with E-state index in [1.165, 1.54) is 0 Å². The minimum Gasteiger partial charge on any atom is -0.497 e. The van der Waals surface area contributed by atoms with Crippen LogP contribution in [0.15, 0.2) is 42.5 Å². The van der Waals surface area contributed by atoms with Crippen LogP contribution in [0.4, 0.5) is 0 Å². The number of esters is 1. The molecule has 23 heavy (non-hydrogen) atoms. The van der Waals surface area contributed by atoms with Crippen molar-refractivity contribution in [3.05, 3.63) is 48.0 Å². The molecular weight excluding hydrogens is 292 g/mol. The molecule has 0 fully saturated rings. The summed E-state index contributed by atoms with van der Waals surface area (Å²) in [6.07, 6.45) is 0.148. The maximum absolute atomic E-state index is 12.1. The summed E-state index contributed by atoms with van der Waals surface area (Å²) in [4.78, 5) is 12.1. The van der Waals surface area contributed by atoms with Crippen molar-refractivity contribution < 1.29 is 19.0 Å². The van der Waals surface area contributed by atoms with Crippen molar-refractivity contribution in [2.45, 2.75) is 25.9 Å². The van der Waals surface area contributed by atoms with Gasteiger partial charge in [0.1, 0.15) is 17.1 Å². The first-order chi connectivity index (χ1) is 11.1. The third-order valence-electron chi connectivity index (χ3n) is 4.10. The van der Waals surface area contributed by atoms with Crippen molar-refractivity contribution in [3.8, 4) is 22.6 Å². The van der Waals surface area contributed by atoms with Gasteiger partial charge in [-0.05, 0) is 37.6 Å². The summed E-state index contributed by atoms with van der Waals surface area (Å²) >= 11 is 0. The van der Waals surface area contributed by atoms with Crippen LogP contribution in [-0.4, -0.2) is 19.7 Å². The molecule has 0 amide bonds. The van der Waals surface area contributed by atoms with E-state index in [2.05, 4.69) is 0 Å². The first kappa shape index (κ1) is 15.4. The molecule has 1 heterocycles. The van der Waals surface area contributed by atoms with Crippen LogP contribution in [0.25, 0.3) is 11.1 Å². The quantitative estimate of drug-likeness (QED) is 0.803. The van der Waals surface area contributed by atoms with E-state index in [0.717, 1.165) is 28.2 Å². The average molecular weight is 312 g/mol. The van der Waals surface area contributed by atoms with Gasteiger partial charge in [0.15, 0.2) is 0 Å². The summed E-state index contributed by atoms with van der Waals surface area (Å²) in [5.41, 5.74) is 2.22. The molecule has 1 aliphatic heterocycles. The van der Waals surface area contributed by atoms with Gasteiger partial charge in [0.25, 0.3) is 0 Å². The number of carbonyl (C=O) groups excluding carboxylic acids is 1. The minimum atomic E-state index is -0.787. The molecule has 1 aliphatic rings. The molecular formula is C19H20O4. The van der Waals surface area contributed by atoms with Gasteiger partial charge < -0.3 is 14.2 Å². The molecule has 4 heteroatoms. The summed E-state index contributed by atoms with van der Waals surface area (Å²) in [5, 5.41) is 0. The minimum absolute atomic E-state index is 0.148. The molecule has 4 nitrogen and oxygen atoms in total. The molecule has 0 N–H and O–H groups in total. The summed E-state index contributed by atoms with van der Waals surface area (Å²) in [7, 11) is 1.63. The van der Waals surface area contributed by atoms with Gasteiger partial charge in [-0.3, -0.25) is 4.79 Å². The number of benzene rings is 2. The second kappa shape index (κ2) is 5.95. The van der Waals surface area contributed by atoms with E-state index in [1.54, 1.807) is 14.0 Å². The molecule has 0 saturated heterocycles. The maximum Gasteiger partial charge on any atom is 0.310 e. The van der Waals surface area contributed by atoms with Crippen LogP contribution in [0.1, 0.15) is 25.8 Å². The molecule has 0 spiro atoms. The molecule has 0 aromatic heterocycles. The second-order valence-electron chi connectivity index (χ2n) is 5.72. The fraction of sp³-hybridized carbons (Fsp3) is 0.316. The normalized spacial score (nSPS) is 18.4. The van der Waals surface area contributed by atoms with Gasteiger partial charge in [0.05, 0.1) is 20.1 Å². The molecule has 0 aliphatic carbocycles. The van der Waals surface area contributed by atoms with Crippen molar-refractivity contribution >= 4 is 5.97 Å². The van der Waals surface area contributed by atoms with Crippen molar-refractivity contribution in [1.29, 1.82) is 0 Å². The lowest BCUT2D eigenvalue weighted by Crippen LogP contribution is -2.36. The highest BCUT2D eigenvalue weighted by Crippen LogP contribution is 2.47. The first-order valence-corrected chi connectivity index (χ1v) is 7.70. The van der Waals surface area contributed by atoms with Gasteiger partial charge in [0.2, 0.25) is 0 Å². The number of carbonyl (C=O) groups is 1. The summed E-state index contributed by atoms with van der Waals surface area (Å²) < 4.78 is 16.7. The van der Waals surface area contributed by atoms with E-state index in [9.17, 15) is 4.79 Å². The Morgan fingerprint density at radius 1 is 1.17 bits per heavy atom. The highest BCUT2D eigenvalue weighted by molar-refractivity contribution is 5.79. The van der Waals surface area contributed by atoms with Gasteiger partial charge in [-0.15, -0.1) is 0 Å². The predicted molar refractivity (Wildman–Crippen MR) is 87.7 cm³/mol. The Hall–Kier alpha value is -2.49. The number of hydrogen-bond acceptors (Lipinski definition) is 4. The molecule has 3 rings (SSSR count). The number of fused-ring (bicyclic) bond motifs is 3. The van der Waals surface area contributed by atoms with Gasteiger partial charge in [0, 0.05) is 11.1 Å². The Bertz CT molecular complexity index is 738. The fourth-order valence-electron chi connectivity index (χ4n) is 3.02. The smallest absolute Gasteiger partial charge is 0.310 e. The first-order valence-electron chi connectivity index (χ1n) is 7.70. The lowest BCUT2D eigenvalue weighted by Gasteiger charge is -2.37. The van der Waals surface area contributed by atoms with Crippen LogP contribution in [-0.2, 0) is 15.1 Å². The number of ether oxygens (including phenoxy) is 3. The van der Waals surface area contributed by atoms with E-state index in [1.807, 2.05) is 49.4 Å². The Labute approximate surface area is 136 Å². The molecule has 1 atom stereocenters. The Balaban J connectivity index is 2.11. The van der Waals surface area contributed by atoms with Crippen LogP contribution in [0.3, 0.4) is 0 Å². The monoisotopic (exact) mass is 312 g/mol. The molecule has 0 bridgehead atoms. The van der Waals surface area contributed by atoms with Crippen LogP contribution >= 0.6 is 0 Å². The van der Waals surface area contributed by atoms with Crippen molar-refractivity contribution in [1.82, 2.24) is 0 Å². The standard InChI is InChI=1S/C19H20O4/c1-4-22-18(20)12-19(2)16-11-13(21-3)9-10-14(16)15-7-5-6-8-17(15)23-19/h5-11H,4,12H2,1-3H3. The van der Waals surface area contributed by atoms with Crippen LogP contribution in [0, 0.1) is 0 Å². The van der Waals surface area contributed by atoms with Gasteiger partial charge in [-0.2, -0.15) is 0 Å². The van der Waals surface area contributed by atoms with E-state index in [4.69, 9.17) is 14.2 Å². The van der Waals surface area contributed by atoms with Gasteiger partial charge >= 0.3 is 5.97 Å². The molecule has 2 aromatic carbocycles. The SMILES string of the molecule is CCOC(=O)CC1(C)Oc2ccccc2-c2ccc(OC)cc21. The van der Waals surface area contributed by atoms with Crippen molar-refractivity contribution in [2.75, 3.05) is 13.7 Å². The number of para-hydroxylation sites is 1. The van der Waals surface area contributed by atoms with Crippen molar-refractivity contribution in [2.24, 2.45) is 0 Å². The molecule has 1 unspecified atom stereocenters. The van der Waals surface area contributed by atoms with Crippen molar-refractivity contribution in [3.63, 3.8) is 0 Å². The maximum atomic E-state index is 12.1. The zero-order valence-electron chi connectivity index (χ0n) is 13.6. The molecule has 2 aromatic rings. The van der Waals surface area contributed by atoms with Gasteiger partial charge in [-0.25, -0.2) is 0 Å². The zero-order valence-corrected chi connectivity index (χ0v) is 13.6. The third kappa shape index (κ3) is 2.77. The summed E-state index contributed by atoms with van der Waals surface area (Å²) in [6.45, 7) is 4.07. The average Bonchev–Trinajstić information content (AvgIpc) is 2.54. The highest BCUT2D eigenvalue weighted by Gasteiger charge is 2.39. The van der Waals surface area contributed by atoms with E-state index >= 15 is 0 Å². The Kier molecular flexibility index (Phi) is 3.99. The second-order valence-corrected chi connectivity index (χ2v) is 5.72. The largest absolute Gasteiger partial charge is 0.497 e. The third-order valence-corrected chi connectivity index (χ3v) is 4.10. The van der Waals surface area contributed by atoms with E-state index < -0.39 is 5.60 Å². The summed E-state index contributed by atoms with van der Waals surface area (Å²) in [6, 6.07) is 13.7. The molecule has 0 radical (unpaired) electrons. The van der Waals surface area contributed by atoms with E-state index in [0.29, 0.717) is 6.61 Å². The zero-order chi connectivity index (χ0) is 16.4. The van der Waals surface area contributed by atoms with E-state index in [-0.39, 0.29) is 12.4 Å². The summed E-state index contributed by atoms with van der Waals surface area (Å²) in [5.74, 6) is 1.24. The topological polar surface area (TPSA) is 44.8 Å². The Morgan fingerprint density at radius 2 is 1.96 bits per heavy atom. The Morgan fingerprint density at radius 3 is 2.70 bits per heavy atom. The highest BCUT2D eigenvalue weighted by atomic mass is 16.5. The number of rotatable bonds is 4.